The Hall–Kier alpha value is -14.6. The lowest BCUT2D eigenvalue weighted by Crippen LogP contribution is -2.48. The Bertz CT molecular complexity index is 5760. The molecule has 12 heterocycles. The Labute approximate surface area is 725 Å². The minimum atomic E-state index is -0.651. The van der Waals surface area contributed by atoms with Crippen molar-refractivity contribution in [2.75, 3.05) is 193 Å². The number of hydrogen-bond acceptors (Lipinski definition) is 28. The third-order valence-corrected chi connectivity index (χ3v) is 20.5. The molecule has 4 saturated heterocycles. The van der Waals surface area contributed by atoms with E-state index in [4.69, 9.17) is 11.6 Å². The number of anilines is 16. The van der Waals surface area contributed by atoms with Crippen LogP contribution in [-0.2, 0) is 9.59 Å². The van der Waals surface area contributed by atoms with Crippen LogP contribution in [0.3, 0.4) is 0 Å². The molecule has 4 aliphatic rings. The van der Waals surface area contributed by atoms with Gasteiger partial charge in [0.2, 0.25) is 35.6 Å². The highest BCUT2D eigenvalue weighted by Gasteiger charge is 2.24. The number of fused-ring (bicyclic) bond motifs is 4. The lowest BCUT2D eigenvalue weighted by molar-refractivity contribution is -0.129. The number of carbonyl (C=O) groups excluding carboxylic acids is 6. The van der Waals surface area contributed by atoms with E-state index in [0.29, 0.717) is 108 Å². The van der Waals surface area contributed by atoms with E-state index in [1.165, 1.54) is 23.6 Å². The molecule has 40 heteroatoms. The summed E-state index contributed by atoms with van der Waals surface area (Å²) in [5.74, 6) is 2.24. The van der Waals surface area contributed by atoms with Gasteiger partial charge in [-0.2, -0.15) is 19.9 Å². The zero-order valence-electron chi connectivity index (χ0n) is 70.3. The first kappa shape index (κ1) is 88.2. The van der Waals surface area contributed by atoms with Crippen molar-refractivity contribution in [1.82, 2.24) is 102 Å². The van der Waals surface area contributed by atoms with Crippen molar-refractivity contribution in [3.8, 4) is 0 Å². The van der Waals surface area contributed by atoms with Crippen molar-refractivity contribution in [2.24, 2.45) is 0 Å². The van der Waals surface area contributed by atoms with E-state index in [9.17, 15) is 33.2 Å². The molecule has 14 N–H and O–H groups in total. The van der Waals surface area contributed by atoms with Crippen molar-refractivity contribution < 1.29 is 33.2 Å². The number of amides is 10. The Morgan fingerprint density at radius 2 is 0.736 bits per heavy atom. The monoisotopic (exact) mass is 1720 g/mol. The number of carbonyl (C=O) groups is 6. The first-order chi connectivity index (χ1) is 60.7. The van der Waals surface area contributed by atoms with Gasteiger partial charge in [0.1, 0.15) is 17.5 Å². The zero-order chi connectivity index (χ0) is 87.7. The number of nitrogens with one attached hydrogen (secondary N) is 14. The van der Waals surface area contributed by atoms with Crippen LogP contribution >= 0.6 is 11.6 Å². The zero-order valence-corrected chi connectivity index (χ0v) is 71.1. The number of halogens is 2. The van der Waals surface area contributed by atoms with Crippen LogP contribution in [0.5, 0.6) is 0 Å². The van der Waals surface area contributed by atoms with Crippen molar-refractivity contribution in [3.05, 3.63) is 169 Å². The summed E-state index contributed by atoms with van der Waals surface area (Å²) >= 11 is 6.56. The SMILES string of the molecule is CCNC(=O)Nc1cc(C)c2cnc(Nc3ccc(N4CCNCC4)cc3)nc2n1.CCNC(=O)Nc1ccc2cnc(Nc3ccc(N4CCN(C(C)=O)CC4)c(Cl)c3)nc2n1.CCNC(=O)Nc1ccc2cnc(Nc3ccc(N4CCN(C(C)=O)CC4)cc3)nc2n1.CCNC(=O)Nc1nc2nc(Nc3ccc(N4CCNCC4)cc3)ncc2cc1F. The number of pyridine rings is 4. The largest absolute Gasteiger partial charge is 0.369 e. The molecular weight excluding hydrogens is 1620 g/mol. The molecule has 4 aromatic carbocycles. The number of urea groups is 4. The third-order valence-electron chi connectivity index (χ3n) is 20.2. The fraction of sp³-hybridized carbons (Fsp3) is 0.318. The van der Waals surface area contributed by atoms with E-state index in [1.54, 1.807) is 57.6 Å². The molecule has 0 bridgehead atoms. The maximum atomic E-state index is 14.2. The minimum Gasteiger partial charge on any atom is -0.369 e. The Kier molecular flexibility index (Phi) is 30.2. The molecule has 10 amide bonds. The fourth-order valence-corrected chi connectivity index (χ4v) is 14.0. The highest BCUT2D eigenvalue weighted by Crippen LogP contribution is 2.33. The standard InChI is InChI=1S/C22H25ClN8O2.C22H26N8O2.C21H26N8O.C20H23FN8O/c1-3-24-22(33)28-19-7-4-15-13-25-21(29-20(15)27-19)26-16-5-6-18(17(23)12-16)31-10-8-30(9-11-31)14(2)32;1-3-23-22(32)27-19-9-4-16-14-24-21(28-20(16)26-19)25-17-5-7-18(8-6-17)30-12-10-29(11-13-30)15(2)31;1-3-23-21(30)27-18-12-14(2)17-13-24-20(28-19(17)26-18)25-15-4-6-16(7-5-15)29-10-8-22-9-11-29;1-2-23-20(30)28-18-16(21)11-13-12-24-19(27-17(13)26-18)25-14-3-5-15(6-4-14)29-9-7-22-8-10-29/h4-7,12-13H,3,8-11H2,1-2H3,(H3,24,25,26,27,28,29,33);4-9,14H,3,10-13H2,1-2H3,(H3,23,24,25,26,27,28,32);4-7,12-13,22H,3,8-11H2,1-2H3,(H3,23,24,25,26,27,28,30);3-6,11-12,22H,2,7-10H2,1H3,(H3,23,24,25,26,27,28,30). The molecule has 0 saturated carbocycles. The molecule has 0 spiro atoms. The molecule has 0 unspecified atom stereocenters. The number of benzene rings is 4. The van der Waals surface area contributed by atoms with Gasteiger partial charge in [-0.25, -0.2) is 63.4 Å². The maximum Gasteiger partial charge on any atom is 0.320 e. The second-order valence-corrected chi connectivity index (χ2v) is 29.4. The van der Waals surface area contributed by atoms with Crippen molar-refractivity contribution in [1.29, 1.82) is 0 Å². The fourth-order valence-electron chi connectivity index (χ4n) is 13.7. The van der Waals surface area contributed by atoms with Crippen LogP contribution in [0.2, 0.25) is 5.02 Å². The molecule has 0 aliphatic carbocycles. The summed E-state index contributed by atoms with van der Waals surface area (Å²) in [5, 5.41) is 43.8. The van der Waals surface area contributed by atoms with Gasteiger partial charge in [-0.15, -0.1) is 0 Å². The van der Waals surface area contributed by atoms with Crippen molar-refractivity contribution in [3.63, 3.8) is 0 Å². The van der Waals surface area contributed by atoms with Gasteiger partial charge in [-0.05, 0) is 168 Å². The van der Waals surface area contributed by atoms with E-state index in [-0.39, 0.29) is 41.4 Å². The average molecular weight is 1720 g/mol. The topological polar surface area (TPSA) is 445 Å². The summed E-state index contributed by atoms with van der Waals surface area (Å²) in [6.45, 7) is 28.4. The highest BCUT2D eigenvalue weighted by molar-refractivity contribution is 6.33. The maximum absolute atomic E-state index is 14.2. The summed E-state index contributed by atoms with van der Waals surface area (Å²) in [5.41, 5.74) is 10.4. The van der Waals surface area contributed by atoms with Crippen molar-refractivity contribution in [2.45, 2.75) is 48.5 Å². The summed E-state index contributed by atoms with van der Waals surface area (Å²) in [4.78, 5) is 135. The summed E-state index contributed by atoms with van der Waals surface area (Å²) in [7, 11) is 0. The van der Waals surface area contributed by atoms with Crippen LogP contribution in [0.15, 0.2) is 152 Å². The van der Waals surface area contributed by atoms with Crippen LogP contribution in [0, 0.1) is 12.7 Å². The number of rotatable bonds is 20. The first-order valence-corrected chi connectivity index (χ1v) is 41.6. The Morgan fingerprint density at radius 3 is 1.16 bits per heavy atom. The van der Waals surface area contributed by atoms with Crippen LogP contribution in [0.25, 0.3) is 44.1 Å². The molecule has 16 rings (SSSR count). The van der Waals surface area contributed by atoms with Gasteiger partial charge in [0.05, 0.1) is 10.7 Å². The van der Waals surface area contributed by atoms with E-state index in [0.717, 1.165) is 147 Å². The van der Waals surface area contributed by atoms with Crippen LogP contribution in [0.1, 0.15) is 47.1 Å². The lowest BCUT2D eigenvalue weighted by Gasteiger charge is -2.36. The number of aryl methyl sites for hydroxylation is 1. The lowest BCUT2D eigenvalue weighted by atomic mass is 10.2. The minimum absolute atomic E-state index is 0.0947. The molecule has 650 valence electrons. The highest BCUT2D eigenvalue weighted by atomic mass is 35.5. The number of piperazine rings is 4. The molecule has 0 radical (unpaired) electrons. The van der Waals surface area contributed by atoms with Gasteiger partial charge in [0.25, 0.3) is 0 Å². The van der Waals surface area contributed by atoms with Gasteiger partial charge < -0.3 is 82.6 Å². The van der Waals surface area contributed by atoms with Crippen LogP contribution in [0.4, 0.5) is 116 Å². The van der Waals surface area contributed by atoms with Gasteiger partial charge in [0.15, 0.2) is 34.2 Å². The molecule has 125 heavy (non-hydrogen) atoms. The smallest absolute Gasteiger partial charge is 0.320 e. The predicted octanol–water partition coefficient (Wildman–Crippen LogP) is 10.9. The van der Waals surface area contributed by atoms with Gasteiger partial charge in [0, 0.05) is 231 Å². The van der Waals surface area contributed by atoms with Gasteiger partial charge >= 0.3 is 24.1 Å². The average Bonchev–Trinajstić information content (AvgIpc) is 0.817. The number of hydrogen-bond donors (Lipinski definition) is 14. The van der Waals surface area contributed by atoms with E-state index in [1.807, 2.05) is 116 Å². The molecule has 8 aromatic heterocycles. The number of nitrogens with zero attached hydrogens (tertiary/aromatic N) is 18. The molecule has 4 aliphatic heterocycles. The van der Waals surface area contributed by atoms with E-state index < -0.39 is 11.8 Å². The van der Waals surface area contributed by atoms with E-state index >= 15 is 0 Å². The van der Waals surface area contributed by atoms with Crippen molar-refractivity contribution >= 4 is 184 Å². The Balaban J connectivity index is 0.000000143. The first-order valence-electron chi connectivity index (χ1n) is 41.2. The molecule has 4 fully saturated rings. The second-order valence-electron chi connectivity index (χ2n) is 29.0. The quantitative estimate of drug-likeness (QED) is 0.0337. The second kappa shape index (κ2) is 42.8. The predicted molar refractivity (Wildman–Crippen MR) is 488 cm³/mol. The molecular formula is C85H100ClFN32O6. The molecule has 0 atom stereocenters. The number of aromatic nitrogens is 12. The molecule has 12 aromatic rings. The summed E-state index contributed by atoms with van der Waals surface area (Å²) < 4.78 is 14.2. The van der Waals surface area contributed by atoms with Crippen LogP contribution < -0.4 is 94.0 Å². The molecule has 38 nitrogen and oxygen atoms in total. The van der Waals surface area contributed by atoms with Gasteiger partial charge in [-0.1, -0.05) is 11.6 Å². The summed E-state index contributed by atoms with van der Waals surface area (Å²) in [6.07, 6.45) is 6.60. The normalized spacial score (nSPS) is 13.8. The summed E-state index contributed by atoms with van der Waals surface area (Å²) in [6, 6.07) is 38.6. The van der Waals surface area contributed by atoms with Crippen LogP contribution in [-0.4, -0.2) is 236 Å². The van der Waals surface area contributed by atoms with E-state index in [2.05, 4.69) is 178 Å². The Morgan fingerprint density at radius 1 is 0.376 bits per heavy atom. The third kappa shape index (κ3) is 24.6. The van der Waals surface area contributed by atoms with Gasteiger partial charge in [-0.3, -0.25) is 30.9 Å².